The summed E-state index contributed by atoms with van der Waals surface area (Å²) in [4.78, 5) is 2.11. The van der Waals surface area contributed by atoms with E-state index < -0.39 is 0 Å². The summed E-state index contributed by atoms with van der Waals surface area (Å²) in [5.74, 6) is -0.0978. The quantitative estimate of drug-likeness (QED) is 0.765. The van der Waals surface area contributed by atoms with Gasteiger partial charge in [0.05, 0.1) is 5.69 Å². The van der Waals surface area contributed by atoms with Crippen LogP contribution in [0.4, 0.5) is 10.1 Å². The first-order chi connectivity index (χ1) is 7.29. The molecule has 0 aromatic heterocycles. The Morgan fingerprint density at radius 2 is 1.67 bits per heavy atom. The Balaban J connectivity index is 0.000000337. The van der Waals surface area contributed by atoms with E-state index in [4.69, 9.17) is 0 Å². The average molecular weight is 210 g/mol. The predicted molar refractivity (Wildman–Crippen MR) is 62.8 cm³/mol. The van der Waals surface area contributed by atoms with Crippen molar-refractivity contribution in [3.8, 4) is 0 Å². The van der Waals surface area contributed by atoms with Gasteiger partial charge in [0.25, 0.3) is 0 Å². The second kappa shape index (κ2) is 6.40. The van der Waals surface area contributed by atoms with E-state index in [1.165, 1.54) is 18.9 Å². The number of benzene rings is 1. The molecule has 15 heavy (non-hydrogen) atoms. The zero-order valence-corrected chi connectivity index (χ0v) is 9.46. The van der Waals surface area contributed by atoms with Gasteiger partial charge in [-0.1, -0.05) is 12.1 Å². The van der Waals surface area contributed by atoms with E-state index in [2.05, 4.69) is 10.2 Å². The van der Waals surface area contributed by atoms with Gasteiger partial charge in [-0.15, -0.1) is 0 Å². The Bertz CT molecular complexity index is 283. The Labute approximate surface area is 91.1 Å². The van der Waals surface area contributed by atoms with Gasteiger partial charge < -0.3 is 10.2 Å². The highest BCUT2D eigenvalue weighted by Crippen LogP contribution is 2.22. The van der Waals surface area contributed by atoms with E-state index in [1.54, 1.807) is 6.07 Å². The highest BCUT2D eigenvalue weighted by Gasteiger charge is 2.14. The summed E-state index contributed by atoms with van der Waals surface area (Å²) >= 11 is 0. The smallest absolute Gasteiger partial charge is 0.146 e. The van der Waals surface area contributed by atoms with Gasteiger partial charge in [-0.05, 0) is 39.1 Å². The fraction of sp³-hybridized carbons (Fsp3) is 0.500. The molecule has 1 aromatic carbocycles. The van der Waals surface area contributed by atoms with Crippen LogP contribution in [0.25, 0.3) is 0 Å². The highest BCUT2D eigenvalue weighted by molar-refractivity contribution is 5.48. The highest BCUT2D eigenvalue weighted by atomic mass is 19.1. The van der Waals surface area contributed by atoms with Gasteiger partial charge in [-0.3, -0.25) is 0 Å². The van der Waals surface area contributed by atoms with Gasteiger partial charge in [-0.25, -0.2) is 4.39 Å². The summed E-state index contributed by atoms with van der Waals surface area (Å²) in [6, 6.07) is 6.99. The SMILES string of the molecule is CNC.Fc1ccccc1N1CCCC1. The Hall–Kier alpha value is -1.09. The van der Waals surface area contributed by atoms with E-state index in [0.29, 0.717) is 0 Å². The van der Waals surface area contributed by atoms with Crippen molar-refractivity contribution in [2.45, 2.75) is 12.8 Å². The maximum atomic E-state index is 13.2. The van der Waals surface area contributed by atoms with Gasteiger partial charge >= 0.3 is 0 Å². The molecule has 1 fully saturated rings. The van der Waals surface area contributed by atoms with Crippen LogP contribution in [-0.4, -0.2) is 27.2 Å². The third-order valence-corrected chi connectivity index (χ3v) is 2.30. The molecule has 2 nitrogen and oxygen atoms in total. The summed E-state index contributed by atoms with van der Waals surface area (Å²) in [6.45, 7) is 2.00. The normalized spacial score (nSPS) is 14.7. The fourth-order valence-electron chi connectivity index (χ4n) is 1.67. The van der Waals surface area contributed by atoms with Crippen molar-refractivity contribution in [2.75, 3.05) is 32.1 Å². The number of halogens is 1. The van der Waals surface area contributed by atoms with E-state index in [0.717, 1.165) is 18.8 Å². The molecule has 0 unspecified atom stereocenters. The second-order valence-electron chi connectivity index (χ2n) is 3.65. The third-order valence-electron chi connectivity index (χ3n) is 2.30. The van der Waals surface area contributed by atoms with Crippen LogP contribution in [0.1, 0.15) is 12.8 Å². The third kappa shape index (κ3) is 3.51. The number of nitrogens with one attached hydrogen (secondary N) is 1. The molecule has 0 amide bonds. The molecule has 1 N–H and O–H groups in total. The Morgan fingerprint density at radius 3 is 2.20 bits per heavy atom. The van der Waals surface area contributed by atoms with Crippen molar-refractivity contribution in [1.82, 2.24) is 5.32 Å². The van der Waals surface area contributed by atoms with Crippen molar-refractivity contribution >= 4 is 5.69 Å². The molecule has 84 valence electrons. The molecule has 1 aliphatic rings. The lowest BCUT2D eigenvalue weighted by atomic mass is 10.3. The first-order valence-electron chi connectivity index (χ1n) is 5.37. The molecule has 1 aliphatic heterocycles. The number of rotatable bonds is 1. The molecular formula is C12H19FN2. The first kappa shape index (κ1) is 12.0. The number of hydrogen-bond acceptors (Lipinski definition) is 2. The molecule has 1 heterocycles. The average Bonchev–Trinajstić information content (AvgIpc) is 2.72. The summed E-state index contributed by atoms with van der Waals surface area (Å²) in [7, 11) is 3.75. The zero-order valence-electron chi connectivity index (χ0n) is 9.46. The molecule has 1 aromatic rings. The summed E-state index contributed by atoms with van der Waals surface area (Å²) in [6.07, 6.45) is 2.38. The number of hydrogen-bond donors (Lipinski definition) is 1. The van der Waals surface area contributed by atoms with E-state index in [-0.39, 0.29) is 5.82 Å². The van der Waals surface area contributed by atoms with Crippen LogP contribution in [0.3, 0.4) is 0 Å². The number of anilines is 1. The van der Waals surface area contributed by atoms with Crippen molar-refractivity contribution < 1.29 is 4.39 Å². The lowest BCUT2D eigenvalue weighted by Gasteiger charge is -2.17. The van der Waals surface area contributed by atoms with Crippen LogP contribution in [0.2, 0.25) is 0 Å². The van der Waals surface area contributed by atoms with Crippen molar-refractivity contribution in [3.05, 3.63) is 30.1 Å². The number of nitrogens with zero attached hydrogens (tertiary/aromatic N) is 1. The summed E-state index contributed by atoms with van der Waals surface area (Å²) in [5, 5.41) is 2.75. The summed E-state index contributed by atoms with van der Waals surface area (Å²) < 4.78 is 13.2. The first-order valence-corrected chi connectivity index (χ1v) is 5.37. The molecule has 0 radical (unpaired) electrons. The van der Waals surface area contributed by atoms with Gasteiger partial charge in [0.2, 0.25) is 0 Å². The van der Waals surface area contributed by atoms with E-state index in [1.807, 2.05) is 26.2 Å². The minimum absolute atomic E-state index is 0.0978. The van der Waals surface area contributed by atoms with E-state index in [9.17, 15) is 4.39 Å². The number of para-hydroxylation sites is 1. The predicted octanol–water partition coefficient (Wildman–Crippen LogP) is 2.26. The van der Waals surface area contributed by atoms with Gasteiger partial charge in [0, 0.05) is 13.1 Å². The summed E-state index contributed by atoms with van der Waals surface area (Å²) in [5.41, 5.74) is 0.759. The minimum Gasteiger partial charge on any atom is -0.369 e. The second-order valence-corrected chi connectivity index (χ2v) is 3.65. The monoisotopic (exact) mass is 210 g/mol. The van der Waals surface area contributed by atoms with Crippen molar-refractivity contribution in [2.24, 2.45) is 0 Å². The Morgan fingerprint density at radius 1 is 1.13 bits per heavy atom. The standard InChI is InChI=1S/C10H12FN.C2H7N/c11-9-5-1-2-6-10(9)12-7-3-4-8-12;1-3-2/h1-2,5-6H,3-4,7-8H2;3H,1-2H3. The molecule has 1 saturated heterocycles. The van der Waals surface area contributed by atoms with Crippen LogP contribution in [0.5, 0.6) is 0 Å². The van der Waals surface area contributed by atoms with Gasteiger partial charge in [0.1, 0.15) is 5.82 Å². The van der Waals surface area contributed by atoms with Crippen LogP contribution in [-0.2, 0) is 0 Å². The minimum atomic E-state index is -0.0978. The van der Waals surface area contributed by atoms with Crippen molar-refractivity contribution in [1.29, 1.82) is 0 Å². The van der Waals surface area contributed by atoms with Crippen LogP contribution in [0, 0.1) is 5.82 Å². The molecule has 3 heteroatoms. The lowest BCUT2D eigenvalue weighted by molar-refractivity contribution is 0.623. The molecular weight excluding hydrogens is 191 g/mol. The lowest BCUT2D eigenvalue weighted by Crippen LogP contribution is -2.18. The van der Waals surface area contributed by atoms with Crippen LogP contribution < -0.4 is 10.2 Å². The molecule has 2 rings (SSSR count). The molecule has 0 spiro atoms. The zero-order chi connectivity index (χ0) is 11.1. The van der Waals surface area contributed by atoms with Crippen LogP contribution >= 0.6 is 0 Å². The molecule has 0 aliphatic carbocycles. The topological polar surface area (TPSA) is 15.3 Å². The van der Waals surface area contributed by atoms with Crippen molar-refractivity contribution in [3.63, 3.8) is 0 Å². The fourth-order valence-corrected chi connectivity index (χ4v) is 1.67. The Kier molecular flexibility index (Phi) is 5.12. The molecule has 0 atom stereocenters. The van der Waals surface area contributed by atoms with Gasteiger partial charge in [-0.2, -0.15) is 0 Å². The van der Waals surface area contributed by atoms with E-state index >= 15 is 0 Å². The maximum absolute atomic E-state index is 13.2. The maximum Gasteiger partial charge on any atom is 0.146 e. The molecule has 0 bridgehead atoms. The molecule has 0 saturated carbocycles. The largest absolute Gasteiger partial charge is 0.369 e. The van der Waals surface area contributed by atoms with Gasteiger partial charge in [0.15, 0.2) is 0 Å². The van der Waals surface area contributed by atoms with Crippen LogP contribution in [0.15, 0.2) is 24.3 Å².